The zero-order valence-corrected chi connectivity index (χ0v) is 28.5. The van der Waals surface area contributed by atoms with Crippen LogP contribution in [-0.4, -0.2) is 97.0 Å². The van der Waals surface area contributed by atoms with Gasteiger partial charge in [-0.25, -0.2) is 18.0 Å². The van der Waals surface area contributed by atoms with Gasteiger partial charge in [0, 0.05) is 47.6 Å². The molecule has 4 fully saturated rings. The summed E-state index contributed by atoms with van der Waals surface area (Å²) in [5.74, 6) is -1.93. The van der Waals surface area contributed by atoms with Crippen LogP contribution in [0.25, 0.3) is 11.1 Å². The van der Waals surface area contributed by atoms with Crippen molar-refractivity contribution in [3.63, 3.8) is 0 Å². The number of nitrogens with zero attached hydrogens (tertiary/aromatic N) is 4. The lowest BCUT2D eigenvalue weighted by molar-refractivity contribution is 0.0516. The Morgan fingerprint density at radius 1 is 0.920 bits per heavy atom. The van der Waals surface area contributed by atoms with E-state index in [0.29, 0.717) is 48.9 Å². The van der Waals surface area contributed by atoms with Crippen molar-refractivity contribution < 1.29 is 37.3 Å². The van der Waals surface area contributed by atoms with Crippen LogP contribution < -0.4 is 14.5 Å². The van der Waals surface area contributed by atoms with Gasteiger partial charge in [0.15, 0.2) is 6.73 Å². The van der Waals surface area contributed by atoms with Gasteiger partial charge < -0.3 is 29.3 Å². The van der Waals surface area contributed by atoms with Crippen molar-refractivity contribution in [2.24, 2.45) is 0 Å². The molecule has 4 unspecified atom stereocenters. The molecule has 5 aliphatic rings. The first-order valence-electron chi connectivity index (χ1n) is 16.8. The molecule has 5 heterocycles. The fourth-order valence-corrected chi connectivity index (χ4v) is 9.19. The third-order valence-corrected chi connectivity index (χ3v) is 11.4. The van der Waals surface area contributed by atoms with Crippen LogP contribution in [0.2, 0.25) is 10.0 Å². The number of carbonyl (C=O) groups excluding carboxylic acids is 1. The van der Waals surface area contributed by atoms with E-state index in [-0.39, 0.29) is 70.7 Å². The van der Waals surface area contributed by atoms with Gasteiger partial charge in [0.05, 0.1) is 65.2 Å². The van der Waals surface area contributed by atoms with Crippen molar-refractivity contribution >= 4 is 46.5 Å². The van der Waals surface area contributed by atoms with Gasteiger partial charge in [0.25, 0.3) is 12.3 Å². The predicted molar refractivity (Wildman–Crippen MR) is 182 cm³/mol. The van der Waals surface area contributed by atoms with Gasteiger partial charge in [0.1, 0.15) is 11.6 Å². The van der Waals surface area contributed by atoms with E-state index in [4.69, 9.17) is 32.7 Å². The summed E-state index contributed by atoms with van der Waals surface area (Å²) in [6.07, 6.45) is 1.04. The average Bonchev–Trinajstić information content (AvgIpc) is 3.45. The molecule has 3 aromatic rings. The Morgan fingerprint density at radius 2 is 1.58 bits per heavy atom. The van der Waals surface area contributed by atoms with Gasteiger partial charge >= 0.3 is 5.97 Å². The number of anilines is 2. The van der Waals surface area contributed by atoms with Gasteiger partial charge in [-0.1, -0.05) is 41.4 Å². The number of alkyl halides is 2. The number of hydrogen-bond donors (Lipinski definition) is 1. The first-order chi connectivity index (χ1) is 24.1. The van der Waals surface area contributed by atoms with Crippen molar-refractivity contribution in [2.45, 2.75) is 62.8 Å². The molecule has 14 heteroatoms. The fraction of sp³-hybridized carbons (Fsp3) is 0.444. The van der Waals surface area contributed by atoms with E-state index in [0.717, 1.165) is 37.4 Å². The maximum atomic E-state index is 15.7. The summed E-state index contributed by atoms with van der Waals surface area (Å²) in [6.45, 7) is 1.85. The summed E-state index contributed by atoms with van der Waals surface area (Å²) in [7, 11) is 0. The number of carboxylic acid groups (broad SMARTS) is 1. The molecule has 5 aliphatic heterocycles. The average molecular weight is 732 g/mol. The molecular formula is C36H35Cl2F3N4O5. The second-order valence-corrected chi connectivity index (χ2v) is 14.5. The number of benzene rings is 3. The SMILES string of the molecule is O=C(O)c1cc(F)c(-c2cccc3c2OCN(C(=O)c2c(Cl)cc(N4CC5CCC(C4)N5CC(F)F)cc2Cl)C3)cc1N1C2CCC1COC2. The predicted octanol–water partition coefficient (Wildman–Crippen LogP) is 6.78. The van der Waals surface area contributed by atoms with Crippen LogP contribution in [0.3, 0.4) is 0 Å². The summed E-state index contributed by atoms with van der Waals surface area (Å²) in [4.78, 5) is 33.6. The molecule has 8 rings (SSSR count). The molecule has 264 valence electrons. The summed E-state index contributed by atoms with van der Waals surface area (Å²) >= 11 is 13.4. The van der Waals surface area contributed by atoms with Crippen molar-refractivity contribution in [1.82, 2.24) is 9.80 Å². The number of hydrogen-bond acceptors (Lipinski definition) is 7. The van der Waals surface area contributed by atoms with Crippen LogP contribution in [0.15, 0.2) is 42.5 Å². The Hall–Kier alpha value is -3.71. The van der Waals surface area contributed by atoms with E-state index in [2.05, 4.69) is 9.80 Å². The molecule has 3 aromatic carbocycles. The van der Waals surface area contributed by atoms with E-state index in [1.807, 2.05) is 4.90 Å². The van der Waals surface area contributed by atoms with Crippen LogP contribution in [0.5, 0.6) is 5.75 Å². The lowest BCUT2D eigenvalue weighted by Crippen LogP contribution is -2.55. The van der Waals surface area contributed by atoms with Crippen LogP contribution in [0.4, 0.5) is 24.5 Å². The number of piperazine rings is 1. The zero-order chi connectivity index (χ0) is 34.8. The number of ether oxygens (including phenoxy) is 2. The Kier molecular flexibility index (Phi) is 8.77. The maximum Gasteiger partial charge on any atom is 0.337 e. The van der Waals surface area contributed by atoms with Gasteiger partial charge in [-0.3, -0.25) is 9.69 Å². The molecule has 0 aromatic heterocycles. The molecular weight excluding hydrogens is 696 g/mol. The Morgan fingerprint density at radius 3 is 2.22 bits per heavy atom. The van der Waals surface area contributed by atoms with Gasteiger partial charge in [-0.2, -0.15) is 0 Å². The van der Waals surface area contributed by atoms with Gasteiger partial charge in [0.2, 0.25) is 0 Å². The number of aromatic carboxylic acids is 1. The molecule has 4 atom stereocenters. The van der Waals surface area contributed by atoms with Gasteiger partial charge in [-0.05, 0) is 49.9 Å². The third-order valence-electron chi connectivity index (χ3n) is 10.8. The number of rotatable bonds is 7. The second-order valence-electron chi connectivity index (χ2n) is 13.7. The number of para-hydroxylation sites is 1. The minimum Gasteiger partial charge on any atom is -0.478 e. The van der Waals surface area contributed by atoms with E-state index >= 15 is 4.39 Å². The summed E-state index contributed by atoms with van der Waals surface area (Å²) < 4.78 is 53.9. The van der Waals surface area contributed by atoms with Crippen molar-refractivity contribution in [1.29, 1.82) is 0 Å². The van der Waals surface area contributed by atoms with Crippen LogP contribution in [0.1, 0.15) is 52.0 Å². The third kappa shape index (κ3) is 5.83. The molecule has 0 radical (unpaired) electrons. The molecule has 9 nitrogen and oxygen atoms in total. The number of amides is 1. The van der Waals surface area contributed by atoms with Crippen molar-refractivity contribution in [3.05, 3.63) is 75.0 Å². The monoisotopic (exact) mass is 730 g/mol. The standard InChI is InChI=1S/C36H35Cl2F3N4O5/c37-28-8-24(42-13-20-4-5-21(14-42)44(20)15-32(40)41)9-29(38)33(28)35(46)43-12-19-2-1-3-25(34(19)50-18-43)26-11-31(27(36(47)48)10-30(26)39)45-22-6-7-23(45)17-49-16-22/h1-3,8-11,20-23,32H,4-7,12-18H2,(H,47,48). The highest BCUT2D eigenvalue weighted by Gasteiger charge is 2.42. The molecule has 1 N–H and O–H groups in total. The highest BCUT2D eigenvalue weighted by molar-refractivity contribution is 6.40. The highest BCUT2D eigenvalue weighted by atomic mass is 35.5. The lowest BCUT2D eigenvalue weighted by Gasteiger charge is -2.42. The number of halogens is 5. The van der Waals surface area contributed by atoms with Gasteiger partial charge in [-0.15, -0.1) is 0 Å². The molecule has 4 bridgehead atoms. The summed E-state index contributed by atoms with van der Waals surface area (Å²) in [6, 6.07) is 11.4. The van der Waals surface area contributed by atoms with Crippen LogP contribution >= 0.6 is 23.2 Å². The first-order valence-corrected chi connectivity index (χ1v) is 17.6. The molecule has 4 saturated heterocycles. The molecule has 1 amide bonds. The molecule has 0 saturated carbocycles. The Balaban J connectivity index is 1.04. The molecule has 0 spiro atoms. The first kappa shape index (κ1) is 33.4. The highest BCUT2D eigenvalue weighted by Crippen LogP contribution is 2.44. The van der Waals surface area contributed by atoms with E-state index in [1.165, 1.54) is 4.90 Å². The Labute approximate surface area is 297 Å². The minimum atomic E-state index is -2.38. The second kappa shape index (κ2) is 13.1. The van der Waals surface area contributed by atoms with Crippen LogP contribution in [0, 0.1) is 5.82 Å². The van der Waals surface area contributed by atoms with E-state index in [9.17, 15) is 23.5 Å². The summed E-state index contributed by atoms with van der Waals surface area (Å²) in [5, 5.41) is 10.3. The smallest absolute Gasteiger partial charge is 0.337 e. The quantitative estimate of drug-likeness (QED) is 0.285. The van der Waals surface area contributed by atoms with Crippen LogP contribution in [-0.2, 0) is 11.3 Å². The number of fused-ring (bicyclic) bond motifs is 5. The molecule has 50 heavy (non-hydrogen) atoms. The summed E-state index contributed by atoms with van der Waals surface area (Å²) in [5.41, 5.74) is 2.50. The number of carboxylic acids is 1. The minimum absolute atomic E-state index is 0.0108. The Bertz CT molecular complexity index is 1810. The normalized spacial score (nSPS) is 24.5. The topological polar surface area (TPSA) is 85.8 Å². The fourth-order valence-electron chi connectivity index (χ4n) is 8.55. The number of morpholine rings is 1. The largest absolute Gasteiger partial charge is 0.478 e. The lowest BCUT2D eigenvalue weighted by atomic mass is 9.96. The molecule has 0 aliphatic carbocycles. The zero-order valence-electron chi connectivity index (χ0n) is 27.0. The van der Waals surface area contributed by atoms with E-state index in [1.54, 1.807) is 36.4 Å². The maximum absolute atomic E-state index is 15.7. The van der Waals surface area contributed by atoms with Crippen molar-refractivity contribution in [2.75, 3.05) is 49.4 Å². The van der Waals surface area contributed by atoms with E-state index < -0.39 is 24.1 Å². The number of carbonyl (C=O) groups is 2. The van der Waals surface area contributed by atoms with Crippen molar-refractivity contribution in [3.8, 4) is 16.9 Å².